The van der Waals surface area contributed by atoms with Crippen molar-refractivity contribution in [2.45, 2.75) is 50.4 Å². The molecule has 3 amide bonds. The van der Waals surface area contributed by atoms with E-state index in [-0.39, 0.29) is 29.9 Å². The summed E-state index contributed by atoms with van der Waals surface area (Å²) in [4.78, 5) is 24.5. The summed E-state index contributed by atoms with van der Waals surface area (Å²) in [6.45, 7) is 3.80. The SMILES string of the molecule is CC(NC(=O)C1NNC2CCNCC21)c1ccc(NC(=O)NC2CC2)cc1. The van der Waals surface area contributed by atoms with E-state index in [1.807, 2.05) is 31.2 Å². The van der Waals surface area contributed by atoms with Gasteiger partial charge in [0.1, 0.15) is 6.04 Å². The Morgan fingerprint density at radius 3 is 2.63 bits per heavy atom. The first-order valence-electron chi connectivity index (χ1n) is 9.80. The number of benzene rings is 1. The van der Waals surface area contributed by atoms with E-state index in [0.29, 0.717) is 12.1 Å². The van der Waals surface area contributed by atoms with Crippen molar-refractivity contribution in [1.82, 2.24) is 26.8 Å². The monoisotopic (exact) mass is 372 g/mol. The minimum Gasteiger partial charge on any atom is -0.348 e. The summed E-state index contributed by atoms with van der Waals surface area (Å²) in [5.74, 6) is 0.278. The lowest BCUT2D eigenvalue weighted by atomic mass is 9.89. The van der Waals surface area contributed by atoms with Crippen LogP contribution < -0.4 is 32.1 Å². The average molecular weight is 372 g/mol. The van der Waals surface area contributed by atoms with Gasteiger partial charge in [0, 0.05) is 30.2 Å². The molecule has 6 N–H and O–H groups in total. The number of hydrazine groups is 1. The van der Waals surface area contributed by atoms with Gasteiger partial charge in [0.25, 0.3) is 0 Å². The van der Waals surface area contributed by atoms with Gasteiger partial charge in [-0.15, -0.1) is 0 Å². The summed E-state index contributed by atoms with van der Waals surface area (Å²) >= 11 is 0. The summed E-state index contributed by atoms with van der Waals surface area (Å²) < 4.78 is 0. The summed E-state index contributed by atoms with van der Waals surface area (Å²) in [6, 6.07) is 7.78. The standard InChI is InChI=1S/C19H28N6O2/c1-11(21-18(26)17-15-10-20-9-8-16(15)24-25-17)12-2-4-13(5-3-12)22-19(27)23-14-6-7-14/h2-5,11,14-17,20,24-25H,6-10H2,1H3,(H,21,26)(H2,22,23,27). The number of anilines is 1. The second-order valence-corrected chi connectivity index (χ2v) is 7.75. The van der Waals surface area contributed by atoms with Crippen LogP contribution in [0.1, 0.15) is 37.8 Å². The Balaban J connectivity index is 1.30. The fourth-order valence-corrected chi connectivity index (χ4v) is 3.80. The largest absolute Gasteiger partial charge is 0.348 e. The summed E-state index contributed by atoms with van der Waals surface area (Å²) in [6.07, 6.45) is 3.15. The number of fused-ring (bicyclic) bond motifs is 1. The Bertz CT molecular complexity index is 690. The van der Waals surface area contributed by atoms with E-state index < -0.39 is 0 Å². The molecule has 0 bridgehead atoms. The highest BCUT2D eigenvalue weighted by atomic mass is 16.2. The lowest BCUT2D eigenvalue weighted by Crippen LogP contribution is -2.49. The van der Waals surface area contributed by atoms with Gasteiger partial charge in [-0.2, -0.15) is 0 Å². The molecule has 8 nitrogen and oxygen atoms in total. The topological polar surface area (TPSA) is 106 Å². The van der Waals surface area contributed by atoms with Crippen molar-refractivity contribution in [2.75, 3.05) is 18.4 Å². The molecule has 1 aromatic rings. The second-order valence-electron chi connectivity index (χ2n) is 7.75. The molecule has 2 aliphatic heterocycles. The highest BCUT2D eigenvalue weighted by Crippen LogP contribution is 2.22. The predicted octanol–water partition coefficient (Wildman–Crippen LogP) is 0.602. The molecule has 8 heteroatoms. The Morgan fingerprint density at radius 1 is 1.11 bits per heavy atom. The molecule has 3 aliphatic rings. The van der Waals surface area contributed by atoms with Crippen LogP contribution in [0.4, 0.5) is 10.5 Å². The smallest absolute Gasteiger partial charge is 0.319 e. The number of hydrogen-bond donors (Lipinski definition) is 6. The van der Waals surface area contributed by atoms with Gasteiger partial charge in [0.15, 0.2) is 0 Å². The number of amides is 3. The quantitative estimate of drug-likeness (QED) is 0.454. The number of carbonyl (C=O) groups excluding carboxylic acids is 2. The zero-order valence-corrected chi connectivity index (χ0v) is 15.5. The van der Waals surface area contributed by atoms with E-state index in [1.54, 1.807) is 0 Å². The molecule has 4 unspecified atom stereocenters. The minimum absolute atomic E-state index is 0.0113. The first kappa shape index (κ1) is 18.2. The molecule has 1 aromatic carbocycles. The van der Waals surface area contributed by atoms with Crippen molar-refractivity contribution in [3.63, 3.8) is 0 Å². The van der Waals surface area contributed by atoms with Crippen LogP contribution in [0, 0.1) is 5.92 Å². The molecule has 1 aliphatic carbocycles. The first-order chi connectivity index (χ1) is 13.1. The Hall–Kier alpha value is -2.16. The third kappa shape index (κ3) is 4.40. The number of piperidine rings is 1. The fourth-order valence-electron chi connectivity index (χ4n) is 3.80. The van der Waals surface area contributed by atoms with Gasteiger partial charge in [-0.25, -0.2) is 10.2 Å². The minimum atomic E-state index is -0.225. The molecule has 0 aromatic heterocycles. The van der Waals surface area contributed by atoms with Crippen molar-refractivity contribution in [3.05, 3.63) is 29.8 Å². The zero-order chi connectivity index (χ0) is 18.8. The summed E-state index contributed by atoms with van der Waals surface area (Å²) in [5.41, 5.74) is 8.14. The summed E-state index contributed by atoms with van der Waals surface area (Å²) in [5, 5.41) is 12.2. The lowest BCUT2D eigenvalue weighted by Gasteiger charge is -2.28. The molecule has 3 fully saturated rings. The highest BCUT2D eigenvalue weighted by Gasteiger charge is 2.41. The van der Waals surface area contributed by atoms with Crippen LogP contribution in [-0.4, -0.2) is 43.2 Å². The van der Waals surface area contributed by atoms with Crippen LogP contribution in [0.3, 0.4) is 0 Å². The van der Waals surface area contributed by atoms with Crippen LogP contribution in [0.2, 0.25) is 0 Å². The van der Waals surface area contributed by atoms with Crippen molar-refractivity contribution >= 4 is 17.6 Å². The lowest BCUT2D eigenvalue weighted by molar-refractivity contribution is -0.124. The van der Waals surface area contributed by atoms with E-state index in [1.165, 1.54) is 0 Å². The van der Waals surface area contributed by atoms with E-state index in [2.05, 4.69) is 32.1 Å². The fraction of sp³-hybridized carbons (Fsp3) is 0.579. The third-order valence-corrected chi connectivity index (χ3v) is 5.60. The highest BCUT2D eigenvalue weighted by molar-refractivity contribution is 5.89. The number of hydrogen-bond acceptors (Lipinski definition) is 5. The number of carbonyl (C=O) groups is 2. The molecule has 146 valence electrons. The van der Waals surface area contributed by atoms with Crippen molar-refractivity contribution in [3.8, 4) is 0 Å². The zero-order valence-electron chi connectivity index (χ0n) is 15.5. The van der Waals surface area contributed by atoms with Gasteiger partial charge in [0.05, 0.1) is 6.04 Å². The van der Waals surface area contributed by atoms with Gasteiger partial charge < -0.3 is 21.3 Å². The van der Waals surface area contributed by atoms with Crippen LogP contribution in [-0.2, 0) is 4.79 Å². The van der Waals surface area contributed by atoms with Gasteiger partial charge >= 0.3 is 6.03 Å². The molecule has 4 rings (SSSR count). The molecule has 2 heterocycles. The molecule has 0 spiro atoms. The van der Waals surface area contributed by atoms with Crippen molar-refractivity contribution < 1.29 is 9.59 Å². The van der Waals surface area contributed by atoms with Gasteiger partial charge in [-0.3, -0.25) is 10.2 Å². The normalized spacial score (nSPS) is 28.1. The molecule has 27 heavy (non-hydrogen) atoms. The van der Waals surface area contributed by atoms with Crippen molar-refractivity contribution in [1.29, 1.82) is 0 Å². The van der Waals surface area contributed by atoms with Gasteiger partial charge in [-0.05, 0) is 50.4 Å². The number of urea groups is 1. The molecule has 0 radical (unpaired) electrons. The van der Waals surface area contributed by atoms with E-state index in [0.717, 1.165) is 43.6 Å². The maximum absolute atomic E-state index is 12.7. The maximum Gasteiger partial charge on any atom is 0.319 e. The molecular weight excluding hydrogens is 344 g/mol. The van der Waals surface area contributed by atoms with Gasteiger partial charge in [-0.1, -0.05) is 12.1 Å². The van der Waals surface area contributed by atoms with Crippen molar-refractivity contribution in [2.24, 2.45) is 5.92 Å². The van der Waals surface area contributed by atoms with E-state index >= 15 is 0 Å². The van der Waals surface area contributed by atoms with E-state index in [9.17, 15) is 9.59 Å². The molecule has 4 atom stereocenters. The Morgan fingerprint density at radius 2 is 1.89 bits per heavy atom. The third-order valence-electron chi connectivity index (χ3n) is 5.60. The Kier molecular flexibility index (Phi) is 5.29. The van der Waals surface area contributed by atoms with Crippen LogP contribution in [0.5, 0.6) is 0 Å². The molecule has 2 saturated heterocycles. The van der Waals surface area contributed by atoms with Crippen LogP contribution in [0.15, 0.2) is 24.3 Å². The number of rotatable bonds is 5. The van der Waals surface area contributed by atoms with Gasteiger partial charge in [0.2, 0.25) is 5.91 Å². The van der Waals surface area contributed by atoms with Crippen LogP contribution in [0.25, 0.3) is 0 Å². The predicted molar refractivity (Wildman–Crippen MR) is 103 cm³/mol. The maximum atomic E-state index is 12.7. The number of nitrogens with one attached hydrogen (secondary N) is 6. The first-order valence-corrected chi connectivity index (χ1v) is 9.80. The van der Waals surface area contributed by atoms with Crippen LogP contribution >= 0.6 is 0 Å². The summed E-state index contributed by atoms with van der Waals surface area (Å²) in [7, 11) is 0. The van der Waals surface area contributed by atoms with E-state index in [4.69, 9.17) is 0 Å². The molecular formula is C19H28N6O2. The Labute approximate surface area is 159 Å². The average Bonchev–Trinajstić information content (AvgIpc) is 3.36. The second kappa shape index (κ2) is 7.84. The molecule has 1 saturated carbocycles.